The van der Waals surface area contributed by atoms with Gasteiger partial charge in [0.05, 0.1) is 6.20 Å². The summed E-state index contributed by atoms with van der Waals surface area (Å²) in [4.78, 5) is 12.8. The minimum Gasteiger partial charge on any atom is -0.365 e. The molecule has 0 amide bonds. The van der Waals surface area contributed by atoms with Gasteiger partial charge in [-0.2, -0.15) is 13.2 Å². The summed E-state index contributed by atoms with van der Waals surface area (Å²) < 4.78 is 40.2. The Hall–Kier alpha value is -3.39. The van der Waals surface area contributed by atoms with Gasteiger partial charge in [-0.3, -0.25) is 0 Å². The highest BCUT2D eigenvalue weighted by atomic mass is 35.5. The van der Waals surface area contributed by atoms with Crippen molar-refractivity contribution in [2.75, 3.05) is 5.32 Å². The molecule has 0 unspecified atom stereocenters. The zero-order valence-corrected chi connectivity index (χ0v) is 19.6. The molecule has 0 spiro atoms. The number of halogens is 4. The molecule has 0 radical (unpaired) electrons. The Labute approximate surface area is 200 Å². The maximum Gasteiger partial charge on any atom is 0.434 e. The predicted molar refractivity (Wildman–Crippen MR) is 128 cm³/mol. The lowest BCUT2D eigenvalue weighted by Gasteiger charge is -2.13. The molecule has 0 aliphatic carbocycles. The number of rotatable bonds is 6. The molecule has 0 saturated heterocycles. The first-order valence-corrected chi connectivity index (χ1v) is 11.1. The maximum absolute atomic E-state index is 12.9. The number of nitrogens with zero attached hydrogens (tertiary/aromatic N) is 4. The van der Waals surface area contributed by atoms with Gasteiger partial charge in [0, 0.05) is 30.9 Å². The topological polar surface area (TPSA) is 55.6 Å². The number of hydrogen-bond donors (Lipinski definition) is 1. The Balaban J connectivity index is 1.52. The van der Waals surface area contributed by atoms with Crippen molar-refractivity contribution in [2.45, 2.75) is 32.5 Å². The number of hydrogen-bond acceptors (Lipinski definition) is 4. The zero-order valence-electron chi connectivity index (χ0n) is 18.9. The third-order valence-electron chi connectivity index (χ3n) is 5.41. The Morgan fingerprint density at radius 1 is 1.03 bits per heavy atom. The highest BCUT2D eigenvalue weighted by Crippen LogP contribution is 2.31. The second kappa shape index (κ2) is 9.46. The predicted octanol–water partition coefficient (Wildman–Crippen LogP) is 6.95. The van der Waals surface area contributed by atoms with Crippen molar-refractivity contribution in [3.63, 3.8) is 0 Å². The van der Waals surface area contributed by atoms with Crippen LogP contribution in [0.15, 0.2) is 60.9 Å². The number of imidazole rings is 1. The molecule has 0 saturated carbocycles. The first-order chi connectivity index (χ1) is 16.1. The molecule has 1 N–H and O–H groups in total. The van der Waals surface area contributed by atoms with Crippen LogP contribution in [-0.2, 0) is 19.8 Å². The van der Waals surface area contributed by atoms with Crippen molar-refractivity contribution < 1.29 is 13.2 Å². The van der Waals surface area contributed by atoms with Crippen LogP contribution >= 0.6 is 11.6 Å². The first-order valence-electron chi connectivity index (χ1n) is 10.7. The average Bonchev–Trinajstić information content (AvgIpc) is 3.21. The molecule has 4 aromatic rings. The van der Waals surface area contributed by atoms with Gasteiger partial charge in [0.25, 0.3) is 0 Å². The molecule has 34 heavy (non-hydrogen) atoms. The second-order valence-corrected chi connectivity index (χ2v) is 8.65. The molecule has 0 aliphatic heterocycles. The Morgan fingerprint density at radius 2 is 1.74 bits per heavy atom. The SMILES string of the molecule is CC(C)c1ccccc1-c1ncc(Cl)c(NCc2ccc(-c3nc(C(F)(F)F)cn3C)cc2)n1. The minimum absolute atomic E-state index is 0.249. The van der Waals surface area contributed by atoms with E-state index in [4.69, 9.17) is 11.6 Å². The Morgan fingerprint density at radius 3 is 2.38 bits per heavy atom. The van der Waals surface area contributed by atoms with Crippen LogP contribution in [-0.4, -0.2) is 19.5 Å². The van der Waals surface area contributed by atoms with Crippen molar-refractivity contribution in [1.29, 1.82) is 0 Å². The van der Waals surface area contributed by atoms with Crippen LogP contribution in [0.4, 0.5) is 19.0 Å². The number of aromatic nitrogens is 4. The van der Waals surface area contributed by atoms with Gasteiger partial charge < -0.3 is 9.88 Å². The van der Waals surface area contributed by atoms with Gasteiger partial charge in [-0.25, -0.2) is 15.0 Å². The second-order valence-electron chi connectivity index (χ2n) is 8.24. The molecule has 2 heterocycles. The van der Waals surface area contributed by atoms with E-state index in [0.717, 1.165) is 22.9 Å². The molecular formula is C25H23ClF3N5. The van der Waals surface area contributed by atoms with Crippen molar-refractivity contribution in [1.82, 2.24) is 19.5 Å². The molecule has 0 fully saturated rings. The molecule has 0 atom stereocenters. The molecule has 5 nitrogen and oxygen atoms in total. The van der Waals surface area contributed by atoms with Gasteiger partial charge in [0.15, 0.2) is 11.5 Å². The van der Waals surface area contributed by atoms with Gasteiger partial charge in [-0.15, -0.1) is 0 Å². The van der Waals surface area contributed by atoms with Gasteiger partial charge in [-0.1, -0.05) is 74.0 Å². The molecule has 176 valence electrons. The van der Waals surface area contributed by atoms with Crippen LogP contribution < -0.4 is 5.32 Å². The molecule has 2 aromatic carbocycles. The number of benzene rings is 2. The van der Waals surface area contributed by atoms with Crippen LogP contribution in [0.2, 0.25) is 5.02 Å². The van der Waals surface area contributed by atoms with E-state index in [0.29, 0.717) is 34.7 Å². The van der Waals surface area contributed by atoms with E-state index in [1.165, 1.54) is 4.57 Å². The van der Waals surface area contributed by atoms with E-state index in [9.17, 15) is 13.2 Å². The summed E-state index contributed by atoms with van der Waals surface area (Å²) in [6.45, 7) is 4.66. The number of alkyl halides is 3. The summed E-state index contributed by atoms with van der Waals surface area (Å²) in [5.41, 5.74) is 2.69. The highest BCUT2D eigenvalue weighted by molar-refractivity contribution is 6.32. The van der Waals surface area contributed by atoms with Gasteiger partial charge in [0.2, 0.25) is 0 Å². The molecule has 9 heteroatoms. The lowest BCUT2D eigenvalue weighted by Crippen LogP contribution is -2.05. The third-order valence-corrected chi connectivity index (χ3v) is 5.68. The summed E-state index contributed by atoms with van der Waals surface area (Å²) >= 11 is 6.32. The largest absolute Gasteiger partial charge is 0.434 e. The number of anilines is 1. The van der Waals surface area contributed by atoms with Crippen LogP contribution in [0, 0.1) is 0 Å². The molecule has 0 bridgehead atoms. The highest BCUT2D eigenvalue weighted by Gasteiger charge is 2.34. The monoisotopic (exact) mass is 485 g/mol. The van der Waals surface area contributed by atoms with Crippen molar-refractivity contribution in [2.24, 2.45) is 7.05 Å². The van der Waals surface area contributed by atoms with Crippen LogP contribution in [0.1, 0.15) is 36.6 Å². The van der Waals surface area contributed by atoms with Crippen LogP contribution in [0.5, 0.6) is 0 Å². The molecular weight excluding hydrogens is 463 g/mol. The molecule has 0 aliphatic rings. The van der Waals surface area contributed by atoms with Crippen LogP contribution in [0.3, 0.4) is 0 Å². The molecule has 2 aromatic heterocycles. The van der Waals surface area contributed by atoms with Crippen molar-refractivity contribution in [3.8, 4) is 22.8 Å². The van der Waals surface area contributed by atoms with E-state index in [-0.39, 0.29) is 5.82 Å². The van der Waals surface area contributed by atoms with Gasteiger partial charge in [-0.05, 0) is 17.0 Å². The van der Waals surface area contributed by atoms with E-state index in [2.05, 4.69) is 40.2 Å². The smallest absolute Gasteiger partial charge is 0.365 e. The molecule has 4 rings (SSSR count). The third kappa shape index (κ3) is 5.07. The quantitative estimate of drug-likeness (QED) is 0.321. The summed E-state index contributed by atoms with van der Waals surface area (Å²) in [6.07, 6.45) is -1.92. The first kappa shape index (κ1) is 23.8. The van der Waals surface area contributed by atoms with Crippen molar-refractivity contribution >= 4 is 17.4 Å². The Kier molecular flexibility index (Phi) is 6.61. The minimum atomic E-state index is -4.48. The fourth-order valence-electron chi connectivity index (χ4n) is 3.65. The van der Waals surface area contributed by atoms with Gasteiger partial charge >= 0.3 is 6.18 Å². The van der Waals surface area contributed by atoms with E-state index < -0.39 is 11.9 Å². The number of aryl methyl sites for hydroxylation is 1. The Bertz CT molecular complexity index is 1300. The summed E-state index contributed by atoms with van der Waals surface area (Å²) in [6, 6.07) is 15.1. The lowest BCUT2D eigenvalue weighted by molar-refractivity contribution is -0.140. The van der Waals surface area contributed by atoms with E-state index >= 15 is 0 Å². The summed E-state index contributed by atoms with van der Waals surface area (Å²) in [5, 5.41) is 3.63. The standard InChI is InChI=1S/C25H23ClF3N5/c1-15(2)18-6-4-5-7-19(18)22-31-13-20(26)23(33-22)30-12-16-8-10-17(11-9-16)24-32-21(14-34(24)3)25(27,28)29/h4-11,13-15H,12H2,1-3H3,(H,30,31,33). The normalized spacial score (nSPS) is 11.8. The summed E-state index contributed by atoms with van der Waals surface area (Å²) in [7, 11) is 1.54. The summed E-state index contributed by atoms with van der Waals surface area (Å²) in [5.74, 6) is 1.66. The maximum atomic E-state index is 12.9. The average molecular weight is 486 g/mol. The van der Waals surface area contributed by atoms with Gasteiger partial charge in [0.1, 0.15) is 16.7 Å². The zero-order chi connectivity index (χ0) is 24.5. The lowest BCUT2D eigenvalue weighted by atomic mass is 9.97. The number of nitrogens with one attached hydrogen (secondary N) is 1. The van der Waals surface area contributed by atoms with Crippen LogP contribution in [0.25, 0.3) is 22.8 Å². The van der Waals surface area contributed by atoms with Crippen molar-refractivity contribution in [3.05, 3.63) is 82.8 Å². The van der Waals surface area contributed by atoms with E-state index in [1.807, 2.05) is 30.3 Å². The van der Waals surface area contributed by atoms with E-state index in [1.54, 1.807) is 25.4 Å². The fraction of sp³-hybridized carbons (Fsp3) is 0.240. The fourth-order valence-corrected chi connectivity index (χ4v) is 3.81.